The van der Waals surface area contributed by atoms with Crippen LogP contribution in [0.5, 0.6) is 0 Å². The Morgan fingerprint density at radius 1 is 1.12 bits per heavy atom. The zero-order valence-electron chi connectivity index (χ0n) is 14.2. The van der Waals surface area contributed by atoms with E-state index < -0.39 is 11.1 Å². The van der Waals surface area contributed by atoms with Gasteiger partial charge in [-0.3, -0.25) is 19.7 Å². The Hall–Kier alpha value is -2.51. The van der Waals surface area contributed by atoms with E-state index in [0.717, 1.165) is 27.9 Å². The Morgan fingerprint density at radius 3 is 2.46 bits per heavy atom. The number of ketones is 1. The fourth-order valence-corrected chi connectivity index (χ4v) is 4.02. The number of allylic oxidation sites excluding steroid dienone is 1. The summed E-state index contributed by atoms with van der Waals surface area (Å²) in [6, 6.07) is 15.4. The third-order valence-corrected chi connectivity index (χ3v) is 5.44. The second kappa shape index (κ2) is 7.80. The van der Waals surface area contributed by atoms with E-state index in [4.69, 9.17) is 0 Å². The molecule has 0 saturated carbocycles. The van der Waals surface area contributed by atoms with Gasteiger partial charge in [0.25, 0.3) is 11.1 Å². The molecule has 0 aromatic heterocycles. The Labute approximate surface area is 159 Å². The smallest absolute Gasteiger partial charge is 0.290 e. The zero-order valence-corrected chi connectivity index (χ0v) is 15.8. The number of rotatable bonds is 5. The first-order valence-electron chi connectivity index (χ1n) is 7.83. The van der Waals surface area contributed by atoms with Crippen molar-refractivity contribution in [1.82, 2.24) is 5.32 Å². The molecule has 1 aliphatic rings. The molecule has 0 atom stereocenters. The second-order valence-electron chi connectivity index (χ2n) is 5.65. The maximum atomic E-state index is 12.2. The number of carbonyl (C=O) groups excluding carboxylic acids is 3. The lowest BCUT2D eigenvalue weighted by molar-refractivity contribution is -0.116. The van der Waals surface area contributed by atoms with E-state index in [1.165, 1.54) is 18.9 Å². The highest BCUT2D eigenvalue weighted by Gasteiger charge is 2.31. The van der Waals surface area contributed by atoms with Crippen LogP contribution in [-0.2, 0) is 9.59 Å². The summed E-state index contributed by atoms with van der Waals surface area (Å²) in [5, 5.41) is 1.75. The molecule has 0 spiro atoms. The van der Waals surface area contributed by atoms with Gasteiger partial charge in [0, 0.05) is 16.2 Å². The van der Waals surface area contributed by atoms with Crippen LogP contribution in [0.2, 0.25) is 0 Å². The number of thioether (sulfide) groups is 1. The van der Waals surface area contributed by atoms with Crippen molar-refractivity contribution in [2.24, 2.45) is 0 Å². The largest absolute Gasteiger partial charge is 0.326 e. The molecular formula is C19H16N2O3S2. The minimum atomic E-state index is -0.523. The highest BCUT2D eigenvalue weighted by atomic mass is 32.2. The van der Waals surface area contributed by atoms with Crippen LogP contribution in [-0.4, -0.2) is 16.9 Å². The molecular weight excluding hydrogens is 368 g/mol. The molecule has 132 valence electrons. The Kier molecular flexibility index (Phi) is 5.49. The van der Waals surface area contributed by atoms with Crippen molar-refractivity contribution in [1.29, 1.82) is 0 Å². The van der Waals surface area contributed by atoms with Crippen molar-refractivity contribution in [3.63, 3.8) is 0 Å². The molecule has 2 aromatic rings. The van der Waals surface area contributed by atoms with Gasteiger partial charge in [-0.05, 0) is 72.9 Å². The molecule has 0 bridgehead atoms. The number of Topliss-reactive ketones (excluding diaryl/α,β-unsaturated/α-hetero) is 1. The predicted octanol–water partition coefficient (Wildman–Crippen LogP) is 4.40. The molecule has 7 heteroatoms. The molecule has 1 heterocycles. The quantitative estimate of drug-likeness (QED) is 0.588. The maximum Gasteiger partial charge on any atom is 0.290 e. The van der Waals surface area contributed by atoms with Crippen LogP contribution in [0.3, 0.4) is 0 Å². The molecule has 1 aliphatic heterocycles. The third-order valence-electron chi connectivity index (χ3n) is 3.73. The van der Waals surface area contributed by atoms with Crippen LogP contribution >= 0.6 is 23.7 Å². The predicted molar refractivity (Wildman–Crippen MR) is 106 cm³/mol. The molecule has 1 saturated heterocycles. The number of aryl methyl sites for hydroxylation is 1. The SMILES string of the molecule is CC(=O)/C(=C1\SC(=O)NC1=O)c1cc(SNc2ccccc2)ccc1C. The van der Waals surface area contributed by atoms with E-state index in [0.29, 0.717) is 5.56 Å². The van der Waals surface area contributed by atoms with Crippen molar-refractivity contribution in [2.75, 3.05) is 4.72 Å². The van der Waals surface area contributed by atoms with Gasteiger partial charge in [-0.2, -0.15) is 0 Å². The zero-order chi connectivity index (χ0) is 18.7. The summed E-state index contributed by atoms with van der Waals surface area (Å²) in [7, 11) is 0. The minimum Gasteiger partial charge on any atom is -0.326 e. The lowest BCUT2D eigenvalue weighted by atomic mass is 9.97. The molecule has 2 amide bonds. The van der Waals surface area contributed by atoms with E-state index in [2.05, 4.69) is 10.0 Å². The summed E-state index contributed by atoms with van der Waals surface area (Å²) in [6.45, 7) is 3.28. The number of carbonyl (C=O) groups is 3. The Balaban J connectivity index is 1.95. The van der Waals surface area contributed by atoms with E-state index in [9.17, 15) is 14.4 Å². The van der Waals surface area contributed by atoms with Crippen LogP contribution < -0.4 is 10.0 Å². The summed E-state index contributed by atoms with van der Waals surface area (Å²) in [5.74, 6) is -0.774. The number of benzene rings is 2. The van der Waals surface area contributed by atoms with Gasteiger partial charge in [0.05, 0.1) is 4.91 Å². The lowest BCUT2D eigenvalue weighted by Gasteiger charge is -2.12. The minimum absolute atomic E-state index is 0.156. The van der Waals surface area contributed by atoms with E-state index in [-0.39, 0.29) is 16.3 Å². The van der Waals surface area contributed by atoms with Crippen molar-refractivity contribution < 1.29 is 14.4 Å². The summed E-state index contributed by atoms with van der Waals surface area (Å²) in [6.07, 6.45) is 0. The third kappa shape index (κ3) is 4.00. The molecule has 2 N–H and O–H groups in total. The summed E-state index contributed by atoms with van der Waals surface area (Å²) in [4.78, 5) is 36.8. The molecule has 1 fully saturated rings. The normalized spacial score (nSPS) is 15.6. The molecule has 0 aliphatic carbocycles. The number of para-hydroxylation sites is 1. The van der Waals surface area contributed by atoms with Crippen LogP contribution in [0.4, 0.5) is 10.5 Å². The van der Waals surface area contributed by atoms with Crippen molar-refractivity contribution in [3.8, 4) is 0 Å². The van der Waals surface area contributed by atoms with Gasteiger partial charge in [-0.15, -0.1) is 0 Å². The lowest BCUT2D eigenvalue weighted by Crippen LogP contribution is -2.19. The fraction of sp³-hybridized carbons (Fsp3) is 0.105. The van der Waals surface area contributed by atoms with Crippen LogP contribution in [0, 0.1) is 6.92 Å². The van der Waals surface area contributed by atoms with Crippen LogP contribution in [0.15, 0.2) is 58.3 Å². The molecule has 5 nitrogen and oxygen atoms in total. The Bertz CT molecular complexity index is 924. The maximum absolute atomic E-state index is 12.2. The summed E-state index contributed by atoms with van der Waals surface area (Å²) in [5.41, 5.74) is 2.75. The first-order chi connectivity index (χ1) is 12.5. The number of amides is 2. The molecule has 2 aromatic carbocycles. The topological polar surface area (TPSA) is 75.3 Å². The van der Waals surface area contributed by atoms with Crippen molar-refractivity contribution in [2.45, 2.75) is 18.7 Å². The van der Waals surface area contributed by atoms with Gasteiger partial charge in [0.2, 0.25) is 0 Å². The highest BCUT2D eigenvalue weighted by molar-refractivity contribution is 8.18. The molecule has 3 rings (SSSR count). The van der Waals surface area contributed by atoms with Gasteiger partial charge in [-0.1, -0.05) is 24.3 Å². The van der Waals surface area contributed by atoms with Crippen molar-refractivity contribution in [3.05, 3.63) is 64.6 Å². The van der Waals surface area contributed by atoms with E-state index >= 15 is 0 Å². The van der Waals surface area contributed by atoms with Crippen LogP contribution in [0.1, 0.15) is 18.1 Å². The van der Waals surface area contributed by atoms with Gasteiger partial charge < -0.3 is 4.72 Å². The molecule has 0 unspecified atom stereocenters. The number of nitrogens with one attached hydrogen (secondary N) is 2. The molecule has 0 radical (unpaired) electrons. The monoisotopic (exact) mass is 384 g/mol. The van der Waals surface area contributed by atoms with E-state index in [1.807, 2.05) is 55.5 Å². The number of imide groups is 1. The van der Waals surface area contributed by atoms with Gasteiger partial charge in [-0.25, -0.2) is 0 Å². The highest BCUT2D eigenvalue weighted by Crippen LogP contribution is 2.35. The number of anilines is 1. The second-order valence-corrected chi connectivity index (χ2v) is 7.51. The number of hydrogen-bond donors (Lipinski definition) is 2. The molecule has 26 heavy (non-hydrogen) atoms. The average molecular weight is 384 g/mol. The standard InChI is InChI=1S/C19H16N2O3S2/c1-11-8-9-14(26-21-13-6-4-3-5-7-13)10-15(11)16(12(2)22)17-18(23)20-19(24)25-17/h3-10,21H,1-2H3,(H,20,23,24)/b17-16+. The van der Waals surface area contributed by atoms with E-state index in [1.54, 1.807) is 0 Å². The fourth-order valence-electron chi connectivity index (χ4n) is 2.51. The van der Waals surface area contributed by atoms with Crippen molar-refractivity contribution >= 4 is 51.9 Å². The Morgan fingerprint density at radius 2 is 1.85 bits per heavy atom. The van der Waals surface area contributed by atoms with Gasteiger partial charge in [0.1, 0.15) is 0 Å². The first kappa shape index (κ1) is 18.3. The summed E-state index contributed by atoms with van der Waals surface area (Å²) >= 11 is 2.18. The summed E-state index contributed by atoms with van der Waals surface area (Å²) < 4.78 is 3.24. The van der Waals surface area contributed by atoms with Gasteiger partial charge in [0.15, 0.2) is 5.78 Å². The number of hydrogen-bond acceptors (Lipinski definition) is 6. The first-order valence-corrected chi connectivity index (χ1v) is 9.46. The van der Waals surface area contributed by atoms with Crippen LogP contribution in [0.25, 0.3) is 5.57 Å². The average Bonchev–Trinajstić information content (AvgIpc) is 2.94. The van der Waals surface area contributed by atoms with Gasteiger partial charge >= 0.3 is 0 Å².